The second-order valence-corrected chi connectivity index (χ2v) is 8.87. The van der Waals surface area contributed by atoms with Crippen LogP contribution in [0.25, 0.3) is 0 Å². The largest absolute Gasteiger partial charge is 0.497 e. The molecule has 1 aliphatic heterocycles. The van der Waals surface area contributed by atoms with Gasteiger partial charge in [-0.3, -0.25) is 4.90 Å². The maximum absolute atomic E-state index is 5.33. The molecule has 1 aromatic carbocycles. The first-order valence-corrected chi connectivity index (χ1v) is 11.8. The van der Waals surface area contributed by atoms with Crippen molar-refractivity contribution in [2.24, 2.45) is 4.99 Å². The van der Waals surface area contributed by atoms with Gasteiger partial charge in [0.15, 0.2) is 5.96 Å². The van der Waals surface area contributed by atoms with E-state index in [1.807, 2.05) is 12.1 Å². The third-order valence-corrected chi connectivity index (χ3v) is 6.27. The molecule has 6 nitrogen and oxygen atoms in total. The van der Waals surface area contributed by atoms with Crippen molar-refractivity contribution in [3.63, 3.8) is 0 Å². The number of halogens is 1. The Kier molecular flexibility index (Phi) is 11.0. The number of nitrogens with zero attached hydrogens (tertiary/aromatic N) is 3. The summed E-state index contributed by atoms with van der Waals surface area (Å²) in [7, 11) is 1.71. The number of aromatic nitrogens is 1. The molecule has 0 spiro atoms. The first-order valence-electron chi connectivity index (χ1n) is 10.9. The number of methoxy groups -OCH3 is 1. The van der Waals surface area contributed by atoms with Gasteiger partial charge in [-0.1, -0.05) is 26.0 Å². The molecule has 1 saturated heterocycles. The second kappa shape index (κ2) is 13.2. The quantitative estimate of drug-likeness (QED) is 0.264. The van der Waals surface area contributed by atoms with Gasteiger partial charge in [0, 0.05) is 18.5 Å². The standard InChI is InChI=1S/C23H35N5OS.HI/c1-5-24-23(26-15-22-27-20(16-30-22)17(2)3)25-14-21(28-12-6-7-13-28)18-8-10-19(29-4)11-9-18;/h8-11,16-17,21H,5-7,12-15H2,1-4H3,(H2,24,25,26);1H. The van der Waals surface area contributed by atoms with E-state index in [1.165, 1.54) is 18.4 Å². The molecule has 1 aliphatic rings. The zero-order chi connectivity index (χ0) is 21.3. The van der Waals surface area contributed by atoms with Crippen molar-refractivity contribution in [2.75, 3.05) is 33.3 Å². The van der Waals surface area contributed by atoms with E-state index >= 15 is 0 Å². The van der Waals surface area contributed by atoms with Crippen LogP contribution in [0.15, 0.2) is 34.6 Å². The Morgan fingerprint density at radius 3 is 2.48 bits per heavy atom. The van der Waals surface area contributed by atoms with Crippen LogP contribution < -0.4 is 15.4 Å². The molecule has 31 heavy (non-hydrogen) atoms. The number of hydrogen-bond donors (Lipinski definition) is 2. The molecule has 0 bridgehead atoms. The van der Waals surface area contributed by atoms with Crippen molar-refractivity contribution in [2.45, 2.75) is 52.1 Å². The summed E-state index contributed by atoms with van der Waals surface area (Å²) < 4.78 is 5.33. The SMILES string of the molecule is CCNC(=NCc1nc(C(C)C)cs1)NCC(c1ccc(OC)cc1)N1CCCC1.I. The highest BCUT2D eigenvalue weighted by Gasteiger charge is 2.23. The molecule has 0 saturated carbocycles. The molecule has 0 radical (unpaired) electrons. The van der Waals surface area contributed by atoms with Crippen LogP contribution in [-0.2, 0) is 6.54 Å². The lowest BCUT2D eigenvalue weighted by molar-refractivity contribution is 0.245. The number of guanidine groups is 1. The minimum atomic E-state index is 0. The van der Waals surface area contributed by atoms with Crippen LogP contribution in [0.3, 0.4) is 0 Å². The number of thiazole rings is 1. The minimum absolute atomic E-state index is 0. The van der Waals surface area contributed by atoms with E-state index < -0.39 is 0 Å². The smallest absolute Gasteiger partial charge is 0.191 e. The van der Waals surface area contributed by atoms with Crippen molar-refractivity contribution < 1.29 is 4.74 Å². The number of likely N-dealkylation sites (tertiary alicyclic amines) is 1. The van der Waals surface area contributed by atoms with Gasteiger partial charge in [0.25, 0.3) is 0 Å². The van der Waals surface area contributed by atoms with Crippen LogP contribution in [0.5, 0.6) is 5.75 Å². The Balaban J connectivity index is 0.00000341. The summed E-state index contributed by atoms with van der Waals surface area (Å²) in [4.78, 5) is 12.0. The van der Waals surface area contributed by atoms with Gasteiger partial charge in [-0.15, -0.1) is 35.3 Å². The van der Waals surface area contributed by atoms with Crippen LogP contribution in [0, 0.1) is 0 Å². The maximum Gasteiger partial charge on any atom is 0.191 e. The Labute approximate surface area is 207 Å². The summed E-state index contributed by atoms with van der Waals surface area (Å²) in [5.74, 6) is 2.19. The van der Waals surface area contributed by atoms with Crippen molar-refractivity contribution in [3.05, 3.63) is 45.9 Å². The highest BCUT2D eigenvalue weighted by atomic mass is 127. The number of benzene rings is 1. The predicted molar refractivity (Wildman–Crippen MR) is 141 cm³/mol. The number of rotatable bonds is 9. The van der Waals surface area contributed by atoms with Gasteiger partial charge in [-0.2, -0.15) is 0 Å². The van der Waals surface area contributed by atoms with E-state index in [0.29, 0.717) is 18.5 Å². The number of ether oxygens (including phenoxy) is 1. The molecular formula is C23H36IN5OS. The first-order chi connectivity index (χ1) is 14.6. The van der Waals surface area contributed by atoms with Gasteiger partial charge in [-0.25, -0.2) is 9.98 Å². The Hall–Kier alpha value is -1.39. The van der Waals surface area contributed by atoms with Crippen molar-refractivity contribution in [3.8, 4) is 5.75 Å². The van der Waals surface area contributed by atoms with Crippen LogP contribution in [0.4, 0.5) is 0 Å². The van der Waals surface area contributed by atoms with Crippen molar-refractivity contribution in [1.29, 1.82) is 0 Å². The number of nitrogens with one attached hydrogen (secondary N) is 2. The summed E-state index contributed by atoms with van der Waals surface area (Å²) in [5.41, 5.74) is 2.46. The van der Waals surface area contributed by atoms with Crippen LogP contribution in [0.1, 0.15) is 61.8 Å². The molecule has 1 fully saturated rings. The molecule has 2 N–H and O–H groups in total. The van der Waals surface area contributed by atoms with Gasteiger partial charge in [0.2, 0.25) is 0 Å². The van der Waals surface area contributed by atoms with Gasteiger partial charge in [0.1, 0.15) is 10.8 Å². The van der Waals surface area contributed by atoms with Gasteiger partial charge >= 0.3 is 0 Å². The Morgan fingerprint density at radius 1 is 1.19 bits per heavy atom. The molecular weight excluding hydrogens is 521 g/mol. The van der Waals surface area contributed by atoms with Crippen LogP contribution in [-0.4, -0.2) is 49.1 Å². The highest BCUT2D eigenvalue weighted by Crippen LogP contribution is 2.26. The molecule has 1 atom stereocenters. The second-order valence-electron chi connectivity index (χ2n) is 7.93. The molecule has 0 aliphatic carbocycles. The Morgan fingerprint density at radius 2 is 1.90 bits per heavy atom. The lowest BCUT2D eigenvalue weighted by Gasteiger charge is -2.29. The molecule has 2 aromatic rings. The molecule has 3 rings (SSSR count). The number of hydrogen-bond acceptors (Lipinski definition) is 5. The third kappa shape index (κ3) is 7.61. The van der Waals surface area contributed by atoms with Gasteiger partial charge < -0.3 is 15.4 Å². The zero-order valence-electron chi connectivity index (χ0n) is 19.1. The lowest BCUT2D eigenvalue weighted by atomic mass is 10.1. The molecule has 8 heteroatoms. The monoisotopic (exact) mass is 557 g/mol. The summed E-state index contributed by atoms with van der Waals surface area (Å²) >= 11 is 1.69. The number of aliphatic imine (C=N–C) groups is 1. The van der Waals surface area contributed by atoms with E-state index in [1.54, 1.807) is 18.4 Å². The highest BCUT2D eigenvalue weighted by molar-refractivity contribution is 14.0. The molecule has 172 valence electrons. The van der Waals surface area contributed by atoms with Gasteiger partial charge in [0.05, 0.1) is 25.4 Å². The zero-order valence-corrected chi connectivity index (χ0v) is 22.2. The summed E-state index contributed by atoms with van der Waals surface area (Å²) in [6, 6.07) is 8.76. The minimum Gasteiger partial charge on any atom is -0.497 e. The lowest BCUT2D eigenvalue weighted by Crippen LogP contribution is -2.42. The van der Waals surface area contributed by atoms with E-state index in [4.69, 9.17) is 14.7 Å². The molecule has 2 heterocycles. The summed E-state index contributed by atoms with van der Waals surface area (Å²) in [6.07, 6.45) is 2.53. The fourth-order valence-electron chi connectivity index (χ4n) is 3.68. The fraction of sp³-hybridized carbons (Fsp3) is 0.565. The Bertz CT molecular complexity index is 803. The topological polar surface area (TPSA) is 61.8 Å². The summed E-state index contributed by atoms with van der Waals surface area (Å²) in [6.45, 7) is 11.0. The third-order valence-electron chi connectivity index (χ3n) is 5.42. The molecule has 1 aromatic heterocycles. The first kappa shape index (κ1) is 25.9. The fourth-order valence-corrected chi connectivity index (χ4v) is 4.56. The van der Waals surface area contributed by atoms with E-state index in [-0.39, 0.29) is 24.0 Å². The average molecular weight is 558 g/mol. The van der Waals surface area contributed by atoms with Gasteiger partial charge in [-0.05, 0) is 56.5 Å². The normalized spacial score (nSPS) is 15.6. The van der Waals surface area contributed by atoms with Crippen LogP contribution >= 0.6 is 35.3 Å². The maximum atomic E-state index is 5.33. The van der Waals surface area contributed by atoms with Crippen molar-refractivity contribution >= 4 is 41.3 Å². The van der Waals surface area contributed by atoms with Crippen LogP contribution in [0.2, 0.25) is 0 Å². The van der Waals surface area contributed by atoms with E-state index in [2.05, 4.69) is 53.8 Å². The van der Waals surface area contributed by atoms with E-state index in [0.717, 1.165) is 48.6 Å². The molecule has 0 amide bonds. The summed E-state index contributed by atoms with van der Waals surface area (Å²) in [5, 5.41) is 10.1. The average Bonchev–Trinajstić information content (AvgIpc) is 3.45. The van der Waals surface area contributed by atoms with E-state index in [9.17, 15) is 0 Å². The van der Waals surface area contributed by atoms with Crippen molar-refractivity contribution in [1.82, 2.24) is 20.5 Å². The molecule has 1 unspecified atom stereocenters. The predicted octanol–water partition coefficient (Wildman–Crippen LogP) is 4.79.